The van der Waals surface area contributed by atoms with Crippen LogP contribution in [0.3, 0.4) is 0 Å². The fourth-order valence-corrected chi connectivity index (χ4v) is 2.90. The van der Waals surface area contributed by atoms with Gasteiger partial charge in [-0.15, -0.1) is 0 Å². The van der Waals surface area contributed by atoms with Crippen LogP contribution in [-0.2, 0) is 11.4 Å². The molecule has 0 aromatic heterocycles. The van der Waals surface area contributed by atoms with E-state index in [1.807, 2.05) is 32.0 Å². The van der Waals surface area contributed by atoms with Crippen molar-refractivity contribution in [3.8, 4) is 11.8 Å². The summed E-state index contributed by atoms with van der Waals surface area (Å²) in [5.41, 5.74) is 1.46. The van der Waals surface area contributed by atoms with Crippen molar-refractivity contribution in [1.29, 1.82) is 5.26 Å². The number of nitrogens with one attached hydrogen (secondary N) is 1. The van der Waals surface area contributed by atoms with Crippen molar-refractivity contribution < 1.29 is 9.53 Å². The number of carbonyl (C=O) groups is 1. The molecule has 0 aliphatic carbocycles. The number of amides is 1. The van der Waals surface area contributed by atoms with E-state index in [1.54, 1.807) is 24.3 Å². The highest BCUT2D eigenvalue weighted by Gasteiger charge is 2.12. The maximum absolute atomic E-state index is 12.2. The first-order valence-electron chi connectivity index (χ1n) is 8.09. The van der Waals surface area contributed by atoms with Gasteiger partial charge in [0.05, 0.1) is 10.0 Å². The van der Waals surface area contributed by atoms with Gasteiger partial charge in [0.25, 0.3) is 5.91 Å². The van der Waals surface area contributed by atoms with Gasteiger partial charge in [-0.25, -0.2) is 0 Å². The summed E-state index contributed by atoms with van der Waals surface area (Å²) in [7, 11) is 0. The van der Waals surface area contributed by atoms with Crippen molar-refractivity contribution in [2.75, 3.05) is 0 Å². The van der Waals surface area contributed by atoms with Gasteiger partial charge < -0.3 is 10.1 Å². The number of nitrogens with zero attached hydrogens (tertiary/aromatic N) is 1. The molecule has 1 N–H and O–H groups in total. The molecule has 0 fully saturated rings. The lowest BCUT2D eigenvalue weighted by Crippen LogP contribution is -2.30. The average Bonchev–Trinajstić information content (AvgIpc) is 2.61. The summed E-state index contributed by atoms with van der Waals surface area (Å²) in [4.78, 5) is 12.2. The van der Waals surface area contributed by atoms with Gasteiger partial charge in [-0.3, -0.25) is 4.79 Å². The van der Waals surface area contributed by atoms with E-state index in [0.717, 1.165) is 10.0 Å². The van der Waals surface area contributed by atoms with Crippen LogP contribution < -0.4 is 10.1 Å². The van der Waals surface area contributed by atoms with Crippen molar-refractivity contribution in [3.63, 3.8) is 0 Å². The molecule has 0 heterocycles. The molecule has 2 aromatic carbocycles. The number of hydrogen-bond donors (Lipinski definition) is 1. The first kappa shape index (κ1) is 21.3. The summed E-state index contributed by atoms with van der Waals surface area (Å²) >= 11 is 15.4. The monoisotopic (exact) mass is 466 g/mol. The van der Waals surface area contributed by atoms with E-state index in [-0.39, 0.29) is 18.2 Å². The van der Waals surface area contributed by atoms with Gasteiger partial charge in [0, 0.05) is 16.1 Å². The summed E-state index contributed by atoms with van der Waals surface area (Å²) in [6, 6.07) is 12.5. The summed E-state index contributed by atoms with van der Waals surface area (Å²) in [6.45, 7) is 3.93. The molecule has 0 bridgehead atoms. The molecule has 0 saturated carbocycles. The highest BCUT2D eigenvalue weighted by atomic mass is 79.9. The Morgan fingerprint density at radius 1 is 1.26 bits per heavy atom. The fraction of sp³-hybridized carbons (Fsp3) is 0.200. The van der Waals surface area contributed by atoms with Crippen LogP contribution in [0.15, 0.2) is 46.4 Å². The van der Waals surface area contributed by atoms with Crippen LogP contribution in [0.2, 0.25) is 10.0 Å². The van der Waals surface area contributed by atoms with Gasteiger partial charge in [-0.1, -0.05) is 45.2 Å². The first-order valence-corrected chi connectivity index (χ1v) is 9.64. The lowest BCUT2D eigenvalue weighted by molar-refractivity contribution is -0.117. The Hall–Kier alpha value is -2.00. The van der Waals surface area contributed by atoms with E-state index in [2.05, 4.69) is 21.2 Å². The largest absolute Gasteiger partial charge is 0.488 e. The first-order chi connectivity index (χ1) is 12.8. The molecule has 0 unspecified atom stereocenters. The molecule has 140 valence electrons. The molecular weight excluding hydrogens is 451 g/mol. The minimum Gasteiger partial charge on any atom is -0.488 e. The SMILES string of the molecule is CC(C)NC(=O)/C(C#N)=C\c1cc(Br)ccc1OCc1ccc(Cl)c(Cl)c1. The summed E-state index contributed by atoms with van der Waals surface area (Å²) in [5.74, 6) is 0.109. The summed E-state index contributed by atoms with van der Waals surface area (Å²) in [6.07, 6.45) is 1.51. The minimum atomic E-state index is -0.428. The highest BCUT2D eigenvalue weighted by molar-refractivity contribution is 9.10. The zero-order valence-electron chi connectivity index (χ0n) is 14.7. The number of nitriles is 1. The third-order valence-electron chi connectivity index (χ3n) is 3.43. The van der Waals surface area contributed by atoms with E-state index in [1.165, 1.54) is 6.08 Å². The van der Waals surface area contributed by atoms with Crippen molar-refractivity contribution in [2.45, 2.75) is 26.5 Å². The Kier molecular flexibility index (Phi) is 7.73. The molecular formula is C20H17BrCl2N2O2. The van der Waals surface area contributed by atoms with Crippen molar-refractivity contribution in [1.82, 2.24) is 5.32 Å². The Balaban J connectivity index is 2.28. The molecule has 0 aliphatic heterocycles. The van der Waals surface area contributed by atoms with Gasteiger partial charge in [-0.05, 0) is 55.8 Å². The zero-order valence-corrected chi connectivity index (χ0v) is 17.8. The highest BCUT2D eigenvalue weighted by Crippen LogP contribution is 2.28. The molecule has 0 atom stereocenters. The van der Waals surface area contributed by atoms with E-state index < -0.39 is 5.91 Å². The number of halogens is 3. The van der Waals surface area contributed by atoms with Gasteiger partial charge in [0.1, 0.15) is 24.0 Å². The lowest BCUT2D eigenvalue weighted by Gasteiger charge is -2.12. The fourth-order valence-electron chi connectivity index (χ4n) is 2.20. The second-order valence-electron chi connectivity index (χ2n) is 6.02. The van der Waals surface area contributed by atoms with Crippen molar-refractivity contribution in [3.05, 3.63) is 67.6 Å². The summed E-state index contributed by atoms with van der Waals surface area (Å²) in [5, 5.41) is 13.0. The molecule has 0 spiro atoms. The van der Waals surface area contributed by atoms with Crippen LogP contribution in [-0.4, -0.2) is 11.9 Å². The topological polar surface area (TPSA) is 62.1 Å². The van der Waals surface area contributed by atoms with E-state index in [0.29, 0.717) is 21.4 Å². The van der Waals surface area contributed by atoms with E-state index in [9.17, 15) is 10.1 Å². The molecule has 4 nitrogen and oxygen atoms in total. The number of benzene rings is 2. The van der Waals surface area contributed by atoms with Crippen molar-refractivity contribution in [2.24, 2.45) is 0 Å². The Morgan fingerprint density at radius 2 is 2.00 bits per heavy atom. The number of rotatable bonds is 6. The molecule has 1 amide bonds. The number of ether oxygens (including phenoxy) is 1. The minimum absolute atomic E-state index is 0.00110. The van der Waals surface area contributed by atoms with Crippen LogP contribution in [0, 0.1) is 11.3 Å². The Labute approximate surface area is 176 Å². The van der Waals surface area contributed by atoms with Gasteiger partial charge >= 0.3 is 0 Å². The predicted molar refractivity (Wildman–Crippen MR) is 112 cm³/mol. The van der Waals surface area contributed by atoms with Gasteiger partial charge in [0.15, 0.2) is 0 Å². The second kappa shape index (κ2) is 9.80. The molecule has 2 rings (SSSR count). The van der Waals surface area contributed by atoms with Crippen molar-refractivity contribution >= 4 is 51.1 Å². The third-order valence-corrected chi connectivity index (χ3v) is 4.67. The van der Waals surface area contributed by atoms with Crippen LogP contribution >= 0.6 is 39.1 Å². The lowest BCUT2D eigenvalue weighted by atomic mass is 10.1. The van der Waals surface area contributed by atoms with Crippen LogP contribution in [0.25, 0.3) is 6.08 Å². The molecule has 0 aliphatic rings. The number of hydrogen-bond acceptors (Lipinski definition) is 3. The van der Waals surface area contributed by atoms with Gasteiger partial charge in [-0.2, -0.15) is 5.26 Å². The molecule has 0 saturated heterocycles. The molecule has 2 aromatic rings. The maximum atomic E-state index is 12.2. The smallest absolute Gasteiger partial charge is 0.262 e. The summed E-state index contributed by atoms with van der Waals surface area (Å²) < 4.78 is 6.67. The van der Waals surface area contributed by atoms with Gasteiger partial charge in [0.2, 0.25) is 0 Å². The van der Waals surface area contributed by atoms with Crippen LogP contribution in [0.4, 0.5) is 0 Å². The Morgan fingerprint density at radius 3 is 2.63 bits per heavy atom. The third kappa shape index (κ3) is 6.28. The number of carbonyl (C=O) groups excluding carboxylic acids is 1. The molecule has 0 radical (unpaired) electrons. The Bertz CT molecular complexity index is 921. The second-order valence-corrected chi connectivity index (χ2v) is 7.75. The normalized spacial score (nSPS) is 11.2. The van der Waals surface area contributed by atoms with Crippen LogP contribution in [0.5, 0.6) is 5.75 Å². The zero-order chi connectivity index (χ0) is 20.0. The quantitative estimate of drug-likeness (QED) is 0.433. The predicted octanol–water partition coefficient (Wildman–Crippen LogP) is 5.77. The molecule has 27 heavy (non-hydrogen) atoms. The molecule has 7 heteroatoms. The maximum Gasteiger partial charge on any atom is 0.262 e. The standard InChI is InChI=1S/C20H17BrCl2N2O2/c1-12(2)25-20(26)15(10-24)8-14-9-16(21)4-6-19(14)27-11-13-3-5-17(22)18(23)7-13/h3-9,12H,11H2,1-2H3,(H,25,26)/b15-8-. The average molecular weight is 468 g/mol. The van der Waals surface area contributed by atoms with E-state index >= 15 is 0 Å². The van der Waals surface area contributed by atoms with Crippen LogP contribution in [0.1, 0.15) is 25.0 Å². The van der Waals surface area contributed by atoms with E-state index in [4.69, 9.17) is 27.9 Å².